The van der Waals surface area contributed by atoms with Crippen molar-refractivity contribution in [3.8, 4) is 100 Å². The van der Waals surface area contributed by atoms with Crippen molar-refractivity contribution in [1.29, 1.82) is 0 Å². The molecule has 0 N–H and O–H groups in total. The third-order valence-corrected chi connectivity index (χ3v) is 35.9. The monoisotopic (exact) mass is 1820 g/mol. The fourth-order valence-corrected chi connectivity index (χ4v) is 29.1. The van der Waals surface area contributed by atoms with Gasteiger partial charge >= 0.3 is 0 Å². The van der Waals surface area contributed by atoms with E-state index in [-0.39, 0.29) is 27.1 Å². The van der Waals surface area contributed by atoms with Crippen LogP contribution in [0.25, 0.3) is 166 Å². The molecule has 0 radical (unpaired) electrons. The summed E-state index contributed by atoms with van der Waals surface area (Å²) in [6.07, 6.45) is 29.4. The summed E-state index contributed by atoms with van der Waals surface area (Å²) in [6.45, 7) is 34.4. The van der Waals surface area contributed by atoms with Crippen LogP contribution in [0, 0.1) is 0 Å². The molecule has 4 nitrogen and oxygen atoms in total. The summed E-state index contributed by atoms with van der Waals surface area (Å²) >= 11 is 0. The van der Waals surface area contributed by atoms with E-state index in [9.17, 15) is 0 Å². The summed E-state index contributed by atoms with van der Waals surface area (Å²) in [5.74, 6) is 0. The Labute approximate surface area is 823 Å². The predicted molar refractivity (Wildman–Crippen MR) is 588 cm³/mol. The number of unbranched alkanes of at least 4 members (excludes halogenated alkanes) is 16. The van der Waals surface area contributed by atoms with Crippen LogP contribution in [0.2, 0.25) is 0 Å². The SMILES string of the molecule is CCCCCCCC1(CCCCCCC)c2ccccc2-c2ccc(-c3ccc4c(c3)C(C)(C)c3cc(-c5cc6c(c7c5oc5ccccc57)-c5ccc(N(c7ccc8c(c7)C(C)(C)c7c9c(c%10c(oc%11ccccc%11%10)c7-8)-c7ccccc7C9(C)C)c7ccc8c(c7)C(C)(C)c7c9c(c%10oc%11ccccc%11c%10c7-8)-c7ccccc7C9(C)C)cc5C6(CCCCCCC)CCCCCCC)ccc3-4)cc21. The Hall–Kier alpha value is -12.5. The topological polar surface area (TPSA) is 42.7 Å². The minimum atomic E-state index is -0.456. The molecular weight excluding hydrogens is 1680 g/mol. The van der Waals surface area contributed by atoms with E-state index >= 15 is 0 Å². The molecule has 0 spiro atoms. The molecule has 0 saturated carbocycles. The molecule has 0 fully saturated rings. The summed E-state index contributed by atoms with van der Waals surface area (Å²) in [7, 11) is 0. The molecule has 0 bridgehead atoms. The number of furan rings is 3. The molecule has 25 rings (SSSR count). The Kier molecular flexibility index (Phi) is 20.8. The van der Waals surface area contributed by atoms with Crippen LogP contribution in [0.5, 0.6) is 0 Å². The van der Waals surface area contributed by atoms with Crippen LogP contribution < -0.4 is 4.90 Å². The standard InChI is InChI=1S/C135H133NO3/c1-15-19-23-27-43-71-134(72-44-28-24-20-16-2)103-55-39-31-47-88(103)91-66-60-83(76-108(91)134)82-59-65-89-90-67-61-84(77-105(90)129(5,6)104(89)75-82)100-81-110-114(117-97-50-34-40-56-111(97)137-126(100)117)96-70-64-87(80-109(96)135(110,73-45-29-25-21-17-3)74-46-30-26-22-18-4)136(85-62-68-94-106(78-85)132(11,12)123-116(94)119-99-52-36-42-58-113(99)138-127(119)120-93-49-33-38-54-102(93)131(9,10)124(120)123)86-63-69-95-107(79-86)133(13,14)125-121(95)128-118(98-51-35-41-57-112(98)139-128)115-92-48-32-37-53-101(92)130(7,8)122(115)125/h31-42,47-70,75-81H,15-30,43-46,71-74H2,1-14H3. The Morgan fingerprint density at radius 2 is 0.504 bits per heavy atom. The minimum absolute atomic E-state index is 0.00736. The molecule has 7 aliphatic rings. The normalized spacial score (nSPS) is 16.1. The fraction of sp³-hybridized carbons (Fsp3) is 0.333. The van der Waals surface area contributed by atoms with E-state index in [0.717, 1.165) is 70.6 Å². The Morgan fingerprint density at radius 1 is 0.209 bits per heavy atom. The molecule has 0 unspecified atom stereocenters. The predicted octanol–water partition coefficient (Wildman–Crippen LogP) is 39.7. The molecule has 0 saturated heterocycles. The zero-order chi connectivity index (χ0) is 94.7. The maximum Gasteiger partial charge on any atom is 0.144 e. The van der Waals surface area contributed by atoms with E-state index in [2.05, 4.69) is 363 Å². The molecular formula is C135H133NO3. The van der Waals surface area contributed by atoms with E-state index in [0.29, 0.717) is 0 Å². The fourth-order valence-electron chi connectivity index (χ4n) is 29.1. The second kappa shape index (κ2) is 32.8. The van der Waals surface area contributed by atoms with E-state index in [1.165, 1.54) is 333 Å². The third-order valence-electron chi connectivity index (χ3n) is 35.9. The van der Waals surface area contributed by atoms with Crippen LogP contribution in [0.3, 0.4) is 0 Å². The zero-order valence-corrected chi connectivity index (χ0v) is 84.5. The molecule has 0 aliphatic heterocycles. The van der Waals surface area contributed by atoms with Crippen LogP contribution in [-0.2, 0) is 37.9 Å². The number of hydrogen-bond donors (Lipinski definition) is 0. The first-order valence-corrected chi connectivity index (χ1v) is 53.6. The van der Waals surface area contributed by atoms with Crippen molar-refractivity contribution in [3.05, 3.63) is 339 Å². The summed E-state index contributed by atoms with van der Waals surface area (Å²) in [5.41, 5.74) is 50.4. The van der Waals surface area contributed by atoms with E-state index in [4.69, 9.17) is 13.3 Å². The quantitative estimate of drug-likeness (QED) is 0.0438. The maximum atomic E-state index is 7.63. The van der Waals surface area contributed by atoms with Crippen LogP contribution in [-0.4, -0.2) is 0 Å². The van der Waals surface area contributed by atoms with Crippen molar-refractivity contribution in [2.24, 2.45) is 0 Å². The number of hydrogen-bond acceptors (Lipinski definition) is 4. The lowest BCUT2D eigenvalue weighted by Gasteiger charge is -2.35. The molecule has 7 aliphatic carbocycles. The molecule has 18 aromatic rings. The highest BCUT2D eigenvalue weighted by Gasteiger charge is 2.54. The molecule has 3 aromatic heterocycles. The van der Waals surface area contributed by atoms with Gasteiger partial charge in [-0.2, -0.15) is 0 Å². The van der Waals surface area contributed by atoms with Gasteiger partial charge < -0.3 is 18.2 Å². The van der Waals surface area contributed by atoms with Crippen LogP contribution >= 0.6 is 0 Å². The van der Waals surface area contributed by atoms with E-state index in [1.54, 1.807) is 11.1 Å². The smallest absolute Gasteiger partial charge is 0.144 e. The van der Waals surface area contributed by atoms with Crippen molar-refractivity contribution in [3.63, 3.8) is 0 Å². The van der Waals surface area contributed by atoms with Gasteiger partial charge in [-0.3, -0.25) is 0 Å². The van der Waals surface area contributed by atoms with Crippen molar-refractivity contribution in [2.75, 3.05) is 4.90 Å². The first-order chi connectivity index (χ1) is 67.6. The summed E-state index contributed by atoms with van der Waals surface area (Å²) in [6, 6.07) is 103. The van der Waals surface area contributed by atoms with Gasteiger partial charge in [-0.05, 0) is 266 Å². The average molecular weight is 1820 g/mol. The molecule has 0 atom stereocenters. The summed E-state index contributed by atoms with van der Waals surface area (Å²) < 4.78 is 22.3. The van der Waals surface area contributed by atoms with Gasteiger partial charge in [0.05, 0.1) is 0 Å². The molecule has 4 heteroatoms. The summed E-state index contributed by atoms with van der Waals surface area (Å²) in [4.78, 5) is 2.70. The first-order valence-electron chi connectivity index (χ1n) is 53.6. The zero-order valence-electron chi connectivity index (χ0n) is 84.5. The largest absolute Gasteiger partial charge is 0.455 e. The van der Waals surface area contributed by atoms with Gasteiger partial charge in [0, 0.05) is 104 Å². The molecule has 139 heavy (non-hydrogen) atoms. The Bertz CT molecular complexity index is 8090. The molecule has 15 aromatic carbocycles. The Morgan fingerprint density at radius 3 is 0.964 bits per heavy atom. The number of para-hydroxylation sites is 3. The van der Waals surface area contributed by atoms with Gasteiger partial charge in [-0.15, -0.1) is 0 Å². The molecule has 3 heterocycles. The minimum Gasteiger partial charge on any atom is -0.455 e. The Balaban J connectivity index is 0.672. The van der Waals surface area contributed by atoms with Gasteiger partial charge in [-0.1, -0.05) is 407 Å². The van der Waals surface area contributed by atoms with Gasteiger partial charge in [0.1, 0.15) is 33.5 Å². The van der Waals surface area contributed by atoms with Crippen molar-refractivity contribution in [2.45, 2.75) is 289 Å². The van der Waals surface area contributed by atoms with E-state index < -0.39 is 10.8 Å². The van der Waals surface area contributed by atoms with Gasteiger partial charge in [0.2, 0.25) is 0 Å². The van der Waals surface area contributed by atoms with Crippen molar-refractivity contribution in [1.82, 2.24) is 0 Å². The highest BCUT2D eigenvalue weighted by molar-refractivity contribution is 6.24. The number of fused-ring (bicyclic) bond motifs is 37. The summed E-state index contributed by atoms with van der Waals surface area (Å²) in [5, 5.41) is 7.21. The highest BCUT2D eigenvalue weighted by atomic mass is 16.3. The van der Waals surface area contributed by atoms with Crippen molar-refractivity contribution < 1.29 is 13.3 Å². The molecule has 696 valence electrons. The lowest BCUT2D eigenvalue weighted by Crippen LogP contribution is -2.26. The second-order valence-electron chi connectivity index (χ2n) is 45.6. The van der Waals surface area contributed by atoms with Gasteiger partial charge in [0.15, 0.2) is 0 Å². The third kappa shape index (κ3) is 12.7. The lowest BCUT2D eigenvalue weighted by molar-refractivity contribution is 0.399. The highest BCUT2D eigenvalue weighted by Crippen LogP contribution is 2.69. The van der Waals surface area contributed by atoms with Gasteiger partial charge in [0.25, 0.3) is 0 Å². The average Bonchev–Trinajstić information content (AvgIpc) is 1.50. The lowest BCUT2D eigenvalue weighted by atomic mass is 9.70. The number of rotatable bonds is 29. The number of anilines is 3. The van der Waals surface area contributed by atoms with Gasteiger partial charge in [-0.25, -0.2) is 0 Å². The van der Waals surface area contributed by atoms with Crippen molar-refractivity contribution >= 4 is 82.9 Å². The number of nitrogens with zero attached hydrogens (tertiary/aromatic N) is 1. The molecule has 0 amide bonds. The van der Waals surface area contributed by atoms with E-state index in [1.807, 2.05) is 0 Å². The van der Waals surface area contributed by atoms with Crippen LogP contribution in [0.15, 0.2) is 274 Å². The second-order valence-corrected chi connectivity index (χ2v) is 45.6. The maximum absolute atomic E-state index is 7.63. The van der Waals surface area contributed by atoms with Crippen LogP contribution in [0.1, 0.15) is 329 Å². The first kappa shape index (κ1) is 88.0. The number of benzene rings is 15. The van der Waals surface area contributed by atoms with Crippen LogP contribution in [0.4, 0.5) is 17.1 Å².